The van der Waals surface area contributed by atoms with Crippen LogP contribution in [0.25, 0.3) is 0 Å². The number of hydrogen-bond donors (Lipinski definition) is 1. The predicted molar refractivity (Wildman–Crippen MR) is 71.1 cm³/mol. The molecular weight excluding hydrogens is 212 g/mol. The van der Waals surface area contributed by atoms with Gasteiger partial charge in [0, 0.05) is 19.0 Å². The number of nitrogens with one attached hydrogen (secondary N) is 1. The monoisotopic (exact) mass is 238 g/mol. The first-order valence-electron chi connectivity index (χ1n) is 6.55. The van der Waals surface area contributed by atoms with E-state index in [0.717, 1.165) is 18.8 Å². The molecule has 0 bridgehead atoms. The van der Waals surface area contributed by atoms with Crippen LogP contribution in [0.3, 0.4) is 0 Å². The molecule has 1 heterocycles. The highest BCUT2D eigenvalue weighted by atomic mass is 15.3. The third kappa shape index (κ3) is 3.80. The number of nitrogens with zero attached hydrogens (tertiary/aromatic N) is 3. The maximum Gasteiger partial charge on any atom is 0.138 e. The molecule has 1 aromatic rings. The van der Waals surface area contributed by atoms with Crippen molar-refractivity contribution in [3.8, 4) is 0 Å². The molecule has 4 nitrogen and oxygen atoms in total. The van der Waals surface area contributed by atoms with E-state index in [1.165, 1.54) is 12.8 Å². The summed E-state index contributed by atoms with van der Waals surface area (Å²) < 4.78 is 2.03. The fourth-order valence-electron chi connectivity index (χ4n) is 2.48. The van der Waals surface area contributed by atoms with E-state index in [9.17, 15) is 0 Å². The van der Waals surface area contributed by atoms with Gasteiger partial charge >= 0.3 is 0 Å². The second kappa shape index (κ2) is 6.15. The zero-order valence-electron chi connectivity index (χ0n) is 11.8. The molecular formula is C13H26N4. The van der Waals surface area contributed by atoms with Crippen LogP contribution in [0.15, 0.2) is 6.33 Å². The topological polar surface area (TPSA) is 42.7 Å². The molecule has 98 valence electrons. The number of hydrogen-bond acceptors (Lipinski definition) is 3. The molecule has 1 rings (SSSR count). The van der Waals surface area contributed by atoms with Crippen molar-refractivity contribution >= 4 is 0 Å². The molecule has 17 heavy (non-hydrogen) atoms. The van der Waals surface area contributed by atoms with Crippen molar-refractivity contribution in [2.24, 2.45) is 5.41 Å². The van der Waals surface area contributed by atoms with Gasteiger partial charge in [0.05, 0.1) is 0 Å². The molecule has 0 saturated carbocycles. The lowest BCUT2D eigenvalue weighted by molar-refractivity contribution is 0.270. The van der Waals surface area contributed by atoms with E-state index in [2.05, 4.69) is 43.1 Å². The second-order valence-corrected chi connectivity index (χ2v) is 5.48. The van der Waals surface area contributed by atoms with E-state index in [1.54, 1.807) is 6.33 Å². The van der Waals surface area contributed by atoms with Gasteiger partial charge in [-0.1, -0.05) is 20.3 Å². The largest absolute Gasteiger partial charge is 0.319 e. The minimum atomic E-state index is 0.267. The highest BCUT2D eigenvalue weighted by molar-refractivity contribution is 4.94. The maximum atomic E-state index is 4.41. The molecule has 1 unspecified atom stereocenters. The van der Waals surface area contributed by atoms with Crippen LogP contribution in [0.1, 0.15) is 52.4 Å². The van der Waals surface area contributed by atoms with Crippen LogP contribution in [-0.4, -0.2) is 28.4 Å². The lowest BCUT2D eigenvalue weighted by Crippen LogP contribution is -2.33. The first-order valence-corrected chi connectivity index (χ1v) is 6.55. The van der Waals surface area contributed by atoms with E-state index in [1.807, 2.05) is 11.7 Å². The maximum absolute atomic E-state index is 4.41. The van der Waals surface area contributed by atoms with Crippen LogP contribution in [0.5, 0.6) is 0 Å². The summed E-state index contributed by atoms with van der Waals surface area (Å²) in [6.45, 7) is 9.88. The van der Waals surface area contributed by atoms with Crippen molar-refractivity contribution in [3.05, 3.63) is 12.2 Å². The minimum absolute atomic E-state index is 0.267. The Hall–Kier alpha value is -0.900. The standard InChI is InChI=1S/C13H26N4/c1-6-7-13(4,9-14-5)8-12-15-10-16-17(12)11(2)3/h10-11,14H,6-9H2,1-5H3. The molecule has 0 aliphatic rings. The lowest BCUT2D eigenvalue weighted by Gasteiger charge is -2.29. The van der Waals surface area contributed by atoms with E-state index in [0.29, 0.717) is 6.04 Å². The predicted octanol–water partition coefficient (Wildman–Crippen LogP) is 2.43. The average molecular weight is 238 g/mol. The Labute approximate surface area is 105 Å². The molecule has 0 amide bonds. The van der Waals surface area contributed by atoms with E-state index in [-0.39, 0.29) is 5.41 Å². The van der Waals surface area contributed by atoms with Gasteiger partial charge in [-0.05, 0) is 32.7 Å². The summed E-state index contributed by atoms with van der Waals surface area (Å²) in [6, 6.07) is 0.382. The molecule has 4 heteroatoms. The summed E-state index contributed by atoms with van der Waals surface area (Å²) >= 11 is 0. The molecule has 0 fully saturated rings. The molecule has 1 aromatic heterocycles. The van der Waals surface area contributed by atoms with Crippen LogP contribution in [0.2, 0.25) is 0 Å². The highest BCUT2D eigenvalue weighted by Crippen LogP contribution is 2.27. The first-order chi connectivity index (χ1) is 8.02. The van der Waals surface area contributed by atoms with Crippen LogP contribution < -0.4 is 5.32 Å². The molecule has 0 radical (unpaired) electrons. The SMILES string of the molecule is CCCC(C)(CNC)Cc1ncnn1C(C)C. The summed E-state index contributed by atoms with van der Waals surface area (Å²) in [5, 5.41) is 7.60. The third-order valence-corrected chi connectivity index (χ3v) is 3.18. The minimum Gasteiger partial charge on any atom is -0.319 e. The van der Waals surface area contributed by atoms with E-state index in [4.69, 9.17) is 0 Å². The van der Waals surface area contributed by atoms with Gasteiger partial charge in [0.15, 0.2) is 0 Å². The summed E-state index contributed by atoms with van der Waals surface area (Å²) in [5.74, 6) is 1.10. The van der Waals surface area contributed by atoms with Crippen molar-refractivity contribution < 1.29 is 0 Å². The van der Waals surface area contributed by atoms with Crippen LogP contribution in [0, 0.1) is 5.41 Å². The third-order valence-electron chi connectivity index (χ3n) is 3.18. The van der Waals surface area contributed by atoms with Gasteiger partial charge in [0.25, 0.3) is 0 Å². The summed E-state index contributed by atoms with van der Waals surface area (Å²) in [4.78, 5) is 4.41. The first kappa shape index (κ1) is 14.2. The molecule has 0 spiro atoms. The quantitative estimate of drug-likeness (QED) is 0.793. The summed E-state index contributed by atoms with van der Waals surface area (Å²) in [6.07, 6.45) is 5.06. The Morgan fingerprint density at radius 3 is 2.71 bits per heavy atom. The van der Waals surface area contributed by atoms with Gasteiger partial charge in [-0.2, -0.15) is 5.10 Å². The van der Waals surface area contributed by atoms with Crippen LogP contribution in [-0.2, 0) is 6.42 Å². The van der Waals surface area contributed by atoms with Crippen molar-refractivity contribution in [1.29, 1.82) is 0 Å². The van der Waals surface area contributed by atoms with Gasteiger partial charge in [-0.25, -0.2) is 9.67 Å². The van der Waals surface area contributed by atoms with Crippen molar-refractivity contribution in [2.75, 3.05) is 13.6 Å². The summed E-state index contributed by atoms with van der Waals surface area (Å²) in [5.41, 5.74) is 0.267. The fourth-order valence-corrected chi connectivity index (χ4v) is 2.48. The average Bonchev–Trinajstić information content (AvgIpc) is 2.66. The van der Waals surface area contributed by atoms with Gasteiger partial charge in [0.2, 0.25) is 0 Å². The Kier molecular flexibility index (Phi) is 5.12. The van der Waals surface area contributed by atoms with Gasteiger partial charge < -0.3 is 5.32 Å². The van der Waals surface area contributed by atoms with Crippen molar-refractivity contribution in [3.63, 3.8) is 0 Å². The molecule has 0 saturated heterocycles. The Balaban J connectivity index is 2.82. The number of rotatable bonds is 7. The lowest BCUT2D eigenvalue weighted by atomic mass is 9.82. The number of aromatic nitrogens is 3. The molecule has 0 aromatic carbocycles. The van der Waals surface area contributed by atoms with E-state index >= 15 is 0 Å². The molecule has 1 atom stereocenters. The normalized spacial score (nSPS) is 15.2. The zero-order valence-corrected chi connectivity index (χ0v) is 11.8. The zero-order chi connectivity index (χ0) is 12.9. The summed E-state index contributed by atoms with van der Waals surface area (Å²) in [7, 11) is 2.01. The van der Waals surface area contributed by atoms with Gasteiger partial charge in [-0.3, -0.25) is 0 Å². The second-order valence-electron chi connectivity index (χ2n) is 5.48. The highest BCUT2D eigenvalue weighted by Gasteiger charge is 2.25. The smallest absolute Gasteiger partial charge is 0.138 e. The molecule has 0 aliphatic heterocycles. The van der Waals surface area contributed by atoms with E-state index < -0.39 is 0 Å². The van der Waals surface area contributed by atoms with Crippen molar-refractivity contribution in [1.82, 2.24) is 20.1 Å². The van der Waals surface area contributed by atoms with Gasteiger partial charge in [0.1, 0.15) is 12.2 Å². The van der Waals surface area contributed by atoms with Crippen LogP contribution >= 0.6 is 0 Å². The molecule has 1 N–H and O–H groups in total. The Bertz CT molecular complexity index is 324. The Morgan fingerprint density at radius 1 is 1.47 bits per heavy atom. The van der Waals surface area contributed by atoms with Gasteiger partial charge in [-0.15, -0.1) is 0 Å². The molecule has 0 aliphatic carbocycles. The Morgan fingerprint density at radius 2 is 2.18 bits per heavy atom. The fraction of sp³-hybridized carbons (Fsp3) is 0.846. The van der Waals surface area contributed by atoms with Crippen LogP contribution in [0.4, 0.5) is 0 Å². The van der Waals surface area contributed by atoms with Crippen molar-refractivity contribution in [2.45, 2.75) is 53.0 Å².